The van der Waals surface area contributed by atoms with Gasteiger partial charge in [-0.25, -0.2) is 4.79 Å². The maximum Gasteiger partial charge on any atom is 0.344 e. The van der Waals surface area contributed by atoms with Gasteiger partial charge in [0.25, 0.3) is 0 Å². The summed E-state index contributed by atoms with van der Waals surface area (Å²) in [6.45, 7) is 8.07. The van der Waals surface area contributed by atoms with Gasteiger partial charge in [-0.05, 0) is 85.0 Å². The van der Waals surface area contributed by atoms with Gasteiger partial charge in [-0.15, -0.1) is 0 Å². The monoisotopic (exact) mass is 624 g/mol. The van der Waals surface area contributed by atoms with Crippen molar-refractivity contribution in [3.63, 3.8) is 0 Å². The molecule has 0 aromatic heterocycles. The molecular weight excluding hydrogens is 580 g/mol. The smallest absolute Gasteiger partial charge is 0.344 e. The molecule has 8 nitrogen and oxygen atoms in total. The molecule has 8 heteroatoms. The van der Waals surface area contributed by atoms with Crippen molar-refractivity contribution < 1.29 is 28.6 Å². The van der Waals surface area contributed by atoms with Crippen LogP contribution in [0.15, 0.2) is 91.0 Å². The maximum atomic E-state index is 14.0. The van der Waals surface area contributed by atoms with Crippen LogP contribution in [0.2, 0.25) is 0 Å². The number of rotatable bonds is 14. The molecule has 4 rings (SSSR count). The van der Waals surface area contributed by atoms with Gasteiger partial charge < -0.3 is 24.4 Å². The van der Waals surface area contributed by atoms with E-state index in [0.717, 1.165) is 34.7 Å². The Labute approximate surface area is 271 Å². The highest BCUT2D eigenvalue weighted by molar-refractivity contribution is 5.92. The third-order valence-corrected chi connectivity index (χ3v) is 7.39. The lowest BCUT2D eigenvalue weighted by atomic mass is 9.98. The molecule has 1 N–H and O–H groups in total. The number of fused-ring (bicyclic) bond motifs is 1. The molecule has 1 unspecified atom stereocenters. The highest BCUT2D eigenvalue weighted by atomic mass is 16.6. The first-order chi connectivity index (χ1) is 22.1. The van der Waals surface area contributed by atoms with E-state index in [2.05, 4.69) is 12.2 Å². The number of esters is 1. The number of nitrogens with one attached hydrogen (secondary N) is 1. The van der Waals surface area contributed by atoms with Crippen LogP contribution in [0, 0.1) is 0 Å². The number of unbranched alkanes of at least 4 members (excludes halogenated alkanes) is 1. The van der Waals surface area contributed by atoms with Crippen molar-refractivity contribution in [1.82, 2.24) is 10.2 Å². The molecule has 2 amide bonds. The Morgan fingerprint density at radius 2 is 1.50 bits per heavy atom. The highest BCUT2D eigenvalue weighted by Gasteiger charge is 2.31. The molecule has 4 aromatic carbocycles. The van der Waals surface area contributed by atoms with Crippen molar-refractivity contribution >= 4 is 28.6 Å². The summed E-state index contributed by atoms with van der Waals surface area (Å²) in [5.74, 6) is 0.414. The van der Waals surface area contributed by atoms with Crippen LogP contribution in [0.5, 0.6) is 11.5 Å². The van der Waals surface area contributed by atoms with Crippen molar-refractivity contribution in [3.8, 4) is 11.5 Å². The van der Waals surface area contributed by atoms with Crippen molar-refractivity contribution in [2.24, 2.45) is 0 Å². The molecule has 0 aliphatic heterocycles. The molecule has 242 valence electrons. The largest absolute Gasteiger partial charge is 0.497 e. The minimum atomic E-state index is -0.839. The van der Waals surface area contributed by atoms with Crippen LogP contribution in [0.1, 0.15) is 63.3 Å². The summed E-state index contributed by atoms with van der Waals surface area (Å²) in [6.07, 6.45) is 1.78. The quantitative estimate of drug-likeness (QED) is 0.155. The second-order valence-corrected chi connectivity index (χ2v) is 12.2. The number of amides is 2. The molecule has 0 spiro atoms. The van der Waals surface area contributed by atoms with Crippen molar-refractivity contribution in [3.05, 3.63) is 108 Å². The van der Waals surface area contributed by atoms with E-state index in [4.69, 9.17) is 14.2 Å². The number of methoxy groups -OCH3 is 1. The summed E-state index contributed by atoms with van der Waals surface area (Å²) in [5.41, 5.74) is 1.93. The molecule has 0 heterocycles. The number of hydrogen-bond acceptors (Lipinski definition) is 6. The topological polar surface area (TPSA) is 94.2 Å². The van der Waals surface area contributed by atoms with Gasteiger partial charge >= 0.3 is 5.97 Å². The van der Waals surface area contributed by atoms with Gasteiger partial charge in [0.2, 0.25) is 11.8 Å². The van der Waals surface area contributed by atoms with Gasteiger partial charge in [-0.3, -0.25) is 9.59 Å². The number of benzene rings is 4. The Kier molecular flexibility index (Phi) is 11.8. The van der Waals surface area contributed by atoms with Crippen LogP contribution < -0.4 is 14.8 Å². The van der Waals surface area contributed by atoms with E-state index in [1.807, 2.05) is 106 Å². The summed E-state index contributed by atoms with van der Waals surface area (Å²) < 4.78 is 16.3. The van der Waals surface area contributed by atoms with Crippen LogP contribution in [0.3, 0.4) is 0 Å². The minimum absolute atomic E-state index is 0.135. The minimum Gasteiger partial charge on any atom is -0.497 e. The molecule has 0 fully saturated rings. The standard InChI is InChI=1S/C38H44N2O6/c1-6-7-21-40(34(41)22-27-13-18-32(44-5)19-14-27)36(37(43)39-25-28-11-9-8-10-12-28)31-16-15-30-24-33(20-17-29(30)23-31)45-26-35(42)46-38(2,3)4/h8-20,23-24,36H,6-7,21-22,25-26H2,1-5H3,(H,39,43). The zero-order valence-electron chi connectivity index (χ0n) is 27.4. The van der Waals surface area contributed by atoms with E-state index < -0.39 is 17.6 Å². The molecule has 4 aromatic rings. The second kappa shape index (κ2) is 15.9. The molecule has 0 aliphatic carbocycles. The normalized spacial score (nSPS) is 11.8. The predicted molar refractivity (Wildman–Crippen MR) is 180 cm³/mol. The second-order valence-electron chi connectivity index (χ2n) is 12.2. The van der Waals surface area contributed by atoms with E-state index in [1.165, 1.54) is 0 Å². The van der Waals surface area contributed by atoms with Crippen LogP contribution in [-0.4, -0.2) is 48.5 Å². The zero-order valence-corrected chi connectivity index (χ0v) is 27.4. The van der Waals surface area contributed by atoms with E-state index in [-0.39, 0.29) is 24.8 Å². The Balaban J connectivity index is 1.63. The number of ether oxygens (including phenoxy) is 3. The first-order valence-electron chi connectivity index (χ1n) is 15.7. The number of carbonyl (C=O) groups is 3. The lowest BCUT2D eigenvalue weighted by molar-refractivity contribution is -0.157. The average Bonchev–Trinajstić information content (AvgIpc) is 3.04. The summed E-state index contributed by atoms with van der Waals surface area (Å²) in [6, 6.07) is 27.5. The Morgan fingerprint density at radius 1 is 0.826 bits per heavy atom. The third kappa shape index (κ3) is 9.83. The van der Waals surface area contributed by atoms with Crippen molar-refractivity contribution in [2.75, 3.05) is 20.3 Å². The molecule has 0 aliphatic rings. The summed E-state index contributed by atoms with van der Waals surface area (Å²) in [4.78, 5) is 41.8. The number of hydrogen-bond donors (Lipinski definition) is 1. The molecule has 46 heavy (non-hydrogen) atoms. The predicted octanol–water partition coefficient (Wildman–Crippen LogP) is 6.80. The van der Waals surface area contributed by atoms with Gasteiger partial charge in [0.1, 0.15) is 23.1 Å². The molecule has 0 bridgehead atoms. The lowest BCUT2D eigenvalue weighted by Crippen LogP contribution is -2.44. The SMILES string of the molecule is CCCCN(C(=O)Cc1ccc(OC)cc1)C(C(=O)NCc1ccccc1)c1ccc2cc(OCC(=O)OC(C)(C)C)ccc2c1. The Hall–Kier alpha value is -4.85. The lowest BCUT2D eigenvalue weighted by Gasteiger charge is -2.32. The van der Waals surface area contributed by atoms with Crippen molar-refractivity contribution in [2.45, 2.75) is 65.1 Å². The molecule has 0 saturated carbocycles. The Bertz CT molecular complexity index is 1610. The third-order valence-electron chi connectivity index (χ3n) is 7.39. The summed E-state index contributed by atoms with van der Waals surface area (Å²) in [5, 5.41) is 4.83. The van der Waals surface area contributed by atoms with Gasteiger partial charge in [-0.1, -0.05) is 74.0 Å². The molecule has 0 saturated heterocycles. The first kappa shape index (κ1) is 34.0. The fourth-order valence-corrected chi connectivity index (χ4v) is 5.12. The van der Waals surface area contributed by atoms with Crippen LogP contribution in [0.4, 0.5) is 0 Å². The fourth-order valence-electron chi connectivity index (χ4n) is 5.12. The van der Waals surface area contributed by atoms with Crippen LogP contribution >= 0.6 is 0 Å². The van der Waals surface area contributed by atoms with E-state index in [9.17, 15) is 14.4 Å². The van der Waals surface area contributed by atoms with Gasteiger partial charge in [-0.2, -0.15) is 0 Å². The number of carbonyl (C=O) groups excluding carboxylic acids is 3. The van der Waals surface area contributed by atoms with E-state index in [0.29, 0.717) is 30.2 Å². The average molecular weight is 625 g/mol. The molecule has 1 atom stereocenters. The fraction of sp³-hybridized carbons (Fsp3) is 0.342. The van der Waals surface area contributed by atoms with Crippen molar-refractivity contribution in [1.29, 1.82) is 0 Å². The van der Waals surface area contributed by atoms with Crippen LogP contribution in [0.25, 0.3) is 10.8 Å². The zero-order chi connectivity index (χ0) is 33.1. The van der Waals surface area contributed by atoms with E-state index >= 15 is 0 Å². The summed E-state index contributed by atoms with van der Waals surface area (Å²) in [7, 11) is 1.60. The van der Waals surface area contributed by atoms with Gasteiger partial charge in [0.05, 0.1) is 13.5 Å². The van der Waals surface area contributed by atoms with Gasteiger partial charge in [0.15, 0.2) is 6.61 Å². The van der Waals surface area contributed by atoms with Gasteiger partial charge in [0, 0.05) is 13.1 Å². The first-order valence-corrected chi connectivity index (χ1v) is 15.7. The Morgan fingerprint density at radius 3 is 2.17 bits per heavy atom. The molecular formula is C38H44N2O6. The number of nitrogens with zero attached hydrogens (tertiary/aromatic N) is 1. The van der Waals surface area contributed by atoms with Crippen LogP contribution in [-0.2, 0) is 32.1 Å². The highest BCUT2D eigenvalue weighted by Crippen LogP contribution is 2.29. The maximum absolute atomic E-state index is 14.0. The molecule has 0 radical (unpaired) electrons. The van der Waals surface area contributed by atoms with E-state index in [1.54, 1.807) is 18.1 Å². The summed E-state index contributed by atoms with van der Waals surface area (Å²) >= 11 is 0.